The third-order valence-corrected chi connectivity index (χ3v) is 6.43. The zero-order valence-corrected chi connectivity index (χ0v) is 18.7. The molecule has 166 valence electrons. The molecular weight excluding hydrogens is 386 g/mol. The smallest absolute Gasteiger partial charge is 0.227 e. The number of nitrogens with zero attached hydrogens (tertiary/aromatic N) is 3. The van der Waals surface area contributed by atoms with Gasteiger partial charge in [0.25, 0.3) is 0 Å². The second kappa shape index (κ2) is 10.6. The van der Waals surface area contributed by atoms with Gasteiger partial charge in [-0.05, 0) is 62.8 Å². The predicted molar refractivity (Wildman–Crippen MR) is 127 cm³/mol. The first-order chi connectivity index (χ1) is 15.2. The van der Waals surface area contributed by atoms with Gasteiger partial charge < -0.3 is 15.5 Å². The van der Waals surface area contributed by atoms with Crippen molar-refractivity contribution in [3.05, 3.63) is 36.0 Å². The number of hydrogen-bond donors (Lipinski definition) is 2. The first kappa shape index (κ1) is 21.6. The number of anilines is 4. The molecule has 1 aromatic carbocycles. The SMILES string of the molecule is Cc1cc(Nc2ccc(NC(=O)CCC3CCCCC3)cc2)nc(N2CCCCC2)n1. The normalized spacial score (nSPS) is 17.4. The first-order valence-electron chi connectivity index (χ1n) is 11.9. The fourth-order valence-corrected chi connectivity index (χ4v) is 4.67. The van der Waals surface area contributed by atoms with Gasteiger partial charge in [0.1, 0.15) is 5.82 Å². The molecule has 0 bridgehead atoms. The average molecular weight is 422 g/mol. The maximum atomic E-state index is 12.3. The molecule has 0 atom stereocenters. The largest absolute Gasteiger partial charge is 0.341 e. The molecule has 0 radical (unpaired) electrons. The van der Waals surface area contributed by atoms with E-state index in [0.29, 0.717) is 6.42 Å². The summed E-state index contributed by atoms with van der Waals surface area (Å²) in [6.07, 6.45) is 11.9. The van der Waals surface area contributed by atoms with Gasteiger partial charge in [-0.1, -0.05) is 32.1 Å². The second-order valence-electron chi connectivity index (χ2n) is 9.04. The van der Waals surface area contributed by atoms with Crippen LogP contribution in [0.5, 0.6) is 0 Å². The molecular formula is C25H35N5O. The highest BCUT2D eigenvalue weighted by atomic mass is 16.1. The Labute approximate surface area is 185 Å². The molecule has 1 aliphatic heterocycles. The summed E-state index contributed by atoms with van der Waals surface area (Å²) < 4.78 is 0. The Morgan fingerprint density at radius 1 is 0.968 bits per heavy atom. The van der Waals surface area contributed by atoms with E-state index in [1.54, 1.807) is 0 Å². The minimum absolute atomic E-state index is 0.115. The predicted octanol–water partition coefficient (Wildman–Crippen LogP) is 5.82. The van der Waals surface area contributed by atoms with Crippen LogP contribution in [-0.2, 0) is 4.79 Å². The summed E-state index contributed by atoms with van der Waals surface area (Å²) in [6, 6.07) is 9.82. The molecule has 31 heavy (non-hydrogen) atoms. The molecule has 1 saturated carbocycles. The van der Waals surface area contributed by atoms with E-state index in [1.807, 2.05) is 37.3 Å². The van der Waals surface area contributed by atoms with Gasteiger partial charge in [-0.3, -0.25) is 4.79 Å². The Kier molecular flexibility index (Phi) is 7.39. The van der Waals surface area contributed by atoms with Gasteiger partial charge in [0.05, 0.1) is 0 Å². The number of aromatic nitrogens is 2. The molecule has 6 nitrogen and oxygen atoms in total. The zero-order valence-electron chi connectivity index (χ0n) is 18.7. The van der Waals surface area contributed by atoms with Crippen molar-refractivity contribution in [1.82, 2.24) is 9.97 Å². The molecule has 0 unspecified atom stereocenters. The Balaban J connectivity index is 1.31. The van der Waals surface area contributed by atoms with Crippen LogP contribution in [0.4, 0.5) is 23.1 Å². The highest BCUT2D eigenvalue weighted by Crippen LogP contribution is 2.27. The van der Waals surface area contributed by atoms with Gasteiger partial charge in [0.2, 0.25) is 11.9 Å². The number of carbonyl (C=O) groups is 1. The molecule has 2 aromatic rings. The van der Waals surface area contributed by atoms with Crippen molar-refractivity contribution >= 4 is 29.0 Å². The van der Waals surface area contributed by atoms with E-state index in [2.05, 4.69) is 20.5 Å². The van der Waals surface area contributed by atoms with Gasteiger partial charge in [-0.25, -0.2) is 4.98 Å². The lowest BCUT2D eigenvalue weighted by atomic mass is 9.86. The molecule has 1 amide bonds. The number of aryl methyl sites for hydroxylation is 1. The molecule has 1 aromatic heterocycles. The molecule has 6 heteroatoms. The lowest BCUT2D eigenvalue weighted by Crippen LogP contribution is -2.31. The maximum Gasteiger partial charge on any atom is 0.227 e. The maximum absolute atomic E-state index is 12.3. The van der Waals surface area contributed by atoms with Crippen LogP contribution in [0.3, 0.4) is 0 Å². The highest BCUT2D eigenvalue weighted by molar-refractivity contribution is 5.90. The van der Waals surface area contributed by atoms with E-state index < -0.39 is 0 Å². The van der Waals surface area contributed by atoms with E-state index in [0.717, 1.165) is 54.3 Å². The van der Waals surface area contributed by atoms with Gasteiger partial charge in [0.15, 0.2) is 0 Å². The number of carbonyl (C=O) groups excluding carboxylic acids is 1. The third-order valence-electron chi connectivity index (χ3n) is 6.43. The minimum Gasteiger partial charge on any atom is -0.341 e. The quantitative estimate of drug-likeness (QED) is 0.590. The molecule has 4 rings (SSSR count). The van der Waals surface area contributed by atoms with Crippen LogP contribution in [-0.4, -0.2) is 29.0 Å². The van der Waals surface area contributed by atoms with E-state index in [-0.39, 0.29) is 5.91 Å². The lowest BCUT2D eigenvalue weighted by Gasteiger charge is -2.27. The van der Waals surface area contributed by atoms with E-state index in [4.69, 9.17) is 4.98 Å². The highest BCUT2D eigenvalue weighted by Gasteiger charge is 2.16. The third kappa shape index (κ3) is 6.42. The summed E-state index contributed by atoms with van der Waals surface area (Å²) in [5.74, 6) is 2.46. The van der Waals surface area contributed by atoms with Crippen molar-refractivity contribution in [3.8, 4) is 0 Å². The molecule has 1 saturated heterocycles. The average Bonchev–Trinajstić information content (AvgIpc) is 2.80. The van der Waals surface area contributed by atoms with E-state index >= 15 is 0 Å². The summed E-state index contributed by atoms with van der Waals surface area (Å²) in [4.78, 5) is 23.9. The van der Waals surface area contributed by atoms with Crippen LogP contribution in [0.2, 0.25) is 0 Å². The topological polar surface area (TPSA) is 70.2 Å². The molecule has 1 aliphatic carbocycles. The molecule has 2 heterocycles. The first-order valence-corrected chi connectivity index (χ1v) is 11.9. The van der Waals surface area contributed by atoms with Crippen LogP contribution in [0.1, 0.15) is 69.9 Å². The second-order valence-corrected chi connectivity index (χ2v) is 9.04. The summed E-state index contributed by atoms with van der Waals surface area (Å²) in [5, 5.41) is 6.42. The number of hydrogen-bond acceptors (Lipinski definition) is 5. The number of piperidine rings is 1. The molecule has 2 N–H and O–H groups in total. The van der Waals surface area contributed by atoms with Crippen LogP contribution in [0, 0.1) is 12.8 Å². The van der Waals surface area contributed by atoms with Crippen molar-refractivity contribution in [2.45, 2.75) is 71.1 Å². The van der Waals surface area contributed by atoms with Crippen molar-refractivity contribution in [1.29, 1.82) is 0 Å². The summed E-state index contributed by atoms with van der Waals surface area (Å²) >= 11 is 0. The number of amides is 1. The Morgan fingerprint density at radius 3 is 2.39 bits per heavy atom. The fraction of sp³-hybridized carbons (Fsp3) is 0.560. The summed E-state index contributed by atoms with van der Waals surface area (Å²) in [6.45, 7) is 4.06. The Morgan fingerprint density at radius 2 is 1.65 bits per heavy atom. The number of rotatable bonds is 7. The standard InChI is InChI=1S/C25H35N5O/c1-19-18-23(29-25(26-19)30-16-6-3-7-17-30)27-21-11-13-22(14-12-21)28-24(31)15-10-20-8-4-2-5-9-20/h11-14,18,20H,2-10,15-17H2,1H3,(H,28,31)(H,26,27,29). The van der Waals surface area contributed by atoms with Gasteiger partial charge in [-0.15, -0.1) is 0 Å². The molecule has 2 fully saturated rings. The van der Waals surface area contributed by atoms with Crippen LogP contribution in [0.15, 0.2) is 30.3 Å². The Bertz CT molecular complexity index is 855. The van der Waals surface area contributed by atoms with Crippen molar-refractivity contribution in [2.24, 2.45) is 5.92 Å². The summed E-state index contributed by atoms with van der Waals surface area (Å²) in [7, 11) is 0. The van der Waals surface area contributed by atoms with E-state index in [9.17, 15) is 4.79 Å². The summed E-state index contributed by atoms with van der Waals surface area (Å²) in [5.41, 5.74) is 2.75. The lowest BCUT2D eigenvalue weighted by molar-refractivity contribution is -0.116. The van der Waals surface area contributed by atoms with Gasteiger partial charge >= 0.3 is 0 Å². The molecule has 2 aliphatic rings. The van der Waals surface area contributed by atoms with Crippen LogP contribution < -0.4 is 15.5 Å². The number of benzene rings is 1. The van der Waals surface area contributed by atoms with Gasteiger partial charge in [-0.2, -0.15) is 4.98 Å². The molecule has 0 spiro atoms. The minimum atomic E-state index is 0.115. The van der Waals surface area contributed by atoms with Gasteiger partial charge in [0, 0.05) is 42.6 Å². The van der Waals surface area contributed by atoms with Crippen LogP contribution >= 0.6 is 0 Å². The van der Waals surface area contributed by atoms with Crippen molar-refractivity contribution < 1.29 is 4.79 Å². The number of nitrogens with one attached hydrogen (secondary N) is 2. The van der Waals surface area contributed by atoms with Crippen LogP contribution in [0.25, 0.3) is 0 Å². The fourth-order valence-electron chi connectivity index (χ4n) is 4.67. The Hall–Kier alpha value is -2.63. The van der Waals surface area contributed by atoms with Crippen molar-refractivity contribution in [2.75, 3.05) is 28.6 Å². The zero-order chi connectivity index (χ0) is 21.5. The van der Waals surface area contributed by atoms with Crippen molar-refractivity contribution in [3.63, 3.8) is 0 Å². The monoisotopic (exact) mass is 421 g/mol. The van der Waals surface area contributed by atoms with E-state index in [1.165, 1.54) is 51.4 Å².